The van der Waals surface area contributed by atoms with Gasteiger partial charge in [-0.1, -0.05) is 19.8 Å². The van der Waals surface area contributed by atoms with Gasteiger partial charge < -0.3 is 20.5 Å². The van der Waals surface area contributed by atoms with Gasteiger partial charge in [0, 0.05) is 19.1 Å². The molecular formula is C16H32N2O3. The van der Waals surface area contributed by atoms with Crippen molar-refractivity contribution in [3.8, 4) is 0 Å². The third kappa shape index (κ3) is 7.67. The third-order valence-corrected chi connectivity index (χ3v) is 3.90. The van der Waals surface area contributed by atoms with Crippen molar-refractivity contribution in [2.24, 2.45) is 5.92 Å². The molecule has 3 atom stereocenters. The molecule has 21 heavy (non-hydrogen) atoms. The molecule has 0 saturated heterocycles. The van der Waals surface area contributed by atoms with Crippen LogP contribution in [0.15, 0.2) is 0 Å². The van der Waals surface area contributed by atoms with E-state index in [1.807, 2.05) is 27.7 Å². The molecule has 0 bridgehead atoms. The Bertz CT molecular complexity index is 315. The predicted octanol–water partition coefficient (Wildman–Crippen LogP) is 2.43. The SMILES string of the molecule is CCC(O)CNC1CCCCC1CNC(=O)OC(C)(C)C. The van der Waals surface area contributed by atoms with Crippen LogP contribution < -0.4 is 10.6 Å². The zero-order chi connectivity index (χ0) is 15.9. The van der Waals surface area contributed by atoms with E-state index in [0.29, 0.717) is 25.0 Å². The monoisotopic (exact) mass is 300 g/mol. The summed E-state index contributed by atoms with van der Waals surface area (Å²) in [5.74, 6) is 0.412. The molecular weight excluding hydrogens is 268 g/mol. The second-order valence-electron chi connectivity index (χ2n) is 7.00. The van der Waals surface area contributed by atoms with Crippen LogP contribution >= 0.6 is 0 Å². The highest BCUT2D eigenvalue weighted by Crippen LogP contribution is 2.24. The zero-order valence-corrected chi connectivity index (χ0v) is 13.9. The number of carbonyl (C=O) groups excluding carboxylic acids is 1. The number of hydrogen-bond donors (Lipinski definition) is 3. The van der Waals surface area contributed by atoms with Crippen LogP contribution in [0.1, 0.15) is 59.8 Å². The van der Waals surface area contributed by atoms with E-state index >= 15 is 0 Å². The Labute approximate surface area is 128 Å². The second-order valence-corrected chi connectivity index (χ2v) is 7.00. The molecule has 5 heteroatoms. The van der Waals surface area contributed by atoms with Gasteiger partial charge in [0.05, 0.1) is 6.10 Å². The average molecular weight is 300 g/mol. The normalized spacial score (nSPS) is 24.4. The zero-order valence-electron chi connectivity index (χ0n) is 13.9. The van der Waals surface area contributed by atoms with E-state index in [1.54, 1.807) is 0 Å². The minimum atomic E-state index is -0.459. The summed E-state index contributed by atoms with van der Waals surface area (Å²) < 4.78 is 5.27. The molecule has 5 nitrogen and oxygen atoms in total. The maximum Gasteiger partial charge on any atom is 0.407 e. The van der Waals surface area contributed by atoms with Crippen molar-refractivity contribution >= 4 is 6.09 Å². The first kappa shape index (κ1) is 18.2. The quantitative estimate of drug-likeness (QED) is 0.704. The molecule has 0 aromatic carbocycles. The second kappa shape index (κ2) is 8.59. The number of nitrogens with one attached hydrogen (secondary N) is 2. The highest BCUT2D eigenvalue weighted by atomic mass is 16.6. The van der Waals surface area contributed by atoms with E-state index < -0.39 is 5.60 Å². The third-order valence-electron chi connectivity index (χ3n) is 3.90. The highest BCUT2D eigenvalue weighted by Gasteiger charge is 2.26. The summed E-state index contributed by atoms with van der Waals surface area (Å²) in [6, 6.07) is 0.370. The van der Waals surface area contributed by atoms with Crippen LogP contribution in [0.4, 0.5) is 4.79 Å². The largest absolute Gasteiger partial charge is 0.444 e. The minimum Gasteiger partial charge on any atom is -0.444 e. The van der Waals surface area contributed by atoms with Gasteiger partial charge in [0.2, 0.25) is 0 Å². The van der Waals surface area contributed by atoms with Gasteiger partial charge in [-0.2, -0.15) is 0 Å². The van der Waals surface area contributed by atoms with Gasteiger partial charge in [0.1, 0.15) is 5.60 Å². The summed E-state index contributed by atoms with van der Waals surface area (Å²) in [5.41, 5.74) is -0.459. The number of alkyl carbamates (subject to hydrolysis) is 1. The molecule has 3 unspecified atom stereocenters. The first-order chi connectivity index (χ1) is 9.81. The Balaban J connectivity index is 2.37. The number of rotatable bonds is 6. The first-order valence-corrected chi connectivity index (χ1v) is 8.20. The van der Waals surface area contributed by atoms with E-state index in [4.69, 9.17) is 4.74 Å². The van der Waals surface area contributed by atoms with Crippen LogP contribution in [0.2, 0.25) is 0 Å². The smallest absolute Gasteiger partial charge is 0.407 e. The van der Waals surface area contributed by atoms with Gasteiger partial charge in [-0.3, -0.25) is 0 Å². The number of hydrogen-bond acceptors (Lipinski definition) is 4. The molecule has 124 valence electrons. The van der Waals surface area contributed by atoms with Crippen LogP contribution in [0, 0.1) is 5.92 Å². The van der Waals surface area contributed by atoms with Crippen LogP contribution in [-0.4, -0.2) is 42.0 Å². The molecule has 0 spiro atoms. The highest BCUT2D eigenvalue weighted by molar-refractivity contribution is 5.67. The Hall–Kier alpha value is -0.810. The number of ether oxygens (including phenoxy) is 1. The minimum absolute atomic E-state index is 0.286. The molecule has 3 N–H and O–H groups in total. The Kier molecular flexibility index (Phi) is 7.46. The fourth-order valence-electron chi connectivity index (χ4n) is 2.68. The first-order valence-electron chi connectivity index (χ1n) is 8.20. The lowest BCUT2D eigenvalue weighted by Crippen LogP contribution is -2.46. The fraction of sp³-hybridized carbons (Fsp3) is 0.938. The van der Waals surface area contributed by atoms with Gasteiger partial charge in [-0.15, -0.1) is 0 Å². The van der Waals surface area contributed by atoms with E-state index in [2.05, 4.69) is 10.6 Å². The van der Waals surface area contributed by atoms with Crippen molar-refractivity contribution in [1.82, 2.24) is 10.6 Å². The topological polar surface area (TPSA) is 70.6 Å². The summed E-state index contributed by atoms with van der Waals surface area (Å²) in [4.78, 5) is 11.7. The van der Waals surface area contributed by atoms with Crippen LogP contribution in [0.25, 0.3) is 0 Å². The van der Waals surface area contributed by atoms with Crippen molar-refractivity contribution in [3.05, 3.63) is 0 Å². The fourth-order valence-corrected chi connectivity index (χ4v) is 2.68. The Morgan fingerprint density at radius 1 is 1.33 bits per heavy atom. The summed E-state index contributed by atoms with van der Waals surface area (Å²) in [6.45, 7) is 8.84. The van der Waals surface area contributed by atoms with Gasteiger partial charge >= 0.3 is 6.09 Å². The number of carbonyl (C=O) groups is 1. The molecule has 0 aliphatic heterocycles. The molecule has 0 radical (unpaired) electrons. The average Bonchev–Trinajstić information content (AvgIpc) is 2.41. The van der Waals surface area contributed by atoms with Crippen LogP contribution in [0.3, 0.4) is 0 Å². The van der Waals surface area contributed by atoms with Crippen molar-refractivity contribution in [2.45, 2.75) is 77.5 Å². The summed E-state index contributed by atoms with van der Waals surface area (Å²) in [6.07, 6.45) is 4.76. The van der Waals surface area contributed by atoms with E-state index in [1.165, 1.54) is 12.8 Å². The number of aliphatic hydroxyl groups excluding tert-OH is 1. The van der Waals surface area contributed by atoms with Gasteiger partial charge in [0.15, 0.2) is 0 Å². The van der Waals surface area contributed by atoms with Crippen molar-refractivity contribution in [1.29, 1.82) is 0 Å². The van der Waals surface area contributed by atoms with Crippen LogP contribution in [-0.2, 0) is 4.74 Å². The van der Waals surface area contributed by atoms with Crippen molar-refractivity contribution in [3.63, 3.8) is 0 Å². The number of aliphatic hydroxyl groups is 1. The van der Waals surface area contributed by atoms with Gasteiger partial charge in [0.25, 0.3) is 0 Å². The summed E-state index contributed by atoms with van der Waals surface area (Å²) in [5, 5.41) is 16.0. The van der Waals surface area contributed by atoms with Crippen molar-refractivity contribution < 1.29 is 14.6 Å². The Morgan fingerprint density at radius 3 is 2.62 bits per heavy atom. The maximum absolute atomic E-state index is 11.7. The lowest BCUT2D eigenvalue weighted by molar-refractivity contribution is 0.0508. The molecule has 0 aromatic heterocycles. The molecule has 1 fully saturated rings. The Morgan fingerprint density at radius 2 is 2.00 bits per heavy atom. The van der Waals surface area contributed by atoms with Crippen LogP contribution in [0.5, 0.6) is 0 Å². The molecule has 1 saturated carbocycles. The summed E-state index contributed by atoms with van der Waals surface area (Å²) in [7, 11) is 0. The standard InChI is InChI=1S/C16H32N2O3/c1-5-13(19)11-17-14-9-7-6-8-12(14)10-18-15(20)21-16(2,3)4/h12-14,17,19H,5-11H2,1-4H3,(H,18,20). The lowest BCUT2D eigenvalue weighted by atomic mass is 9.84. The van der Waals surface area contributed by atoms with Gasteiger partial charge in [-0.05, 0) is 46.0 Å². The lowest BCUT2D eigenvalue weighted by Gasteiger charge is -2.33. The molecule has 1 amide bonds. The molecule has 1 aliphatic carbocycles. The van der Waals surface area contributed by atoms with E-state index in [-0.39, 0.29) is 12.2 Å². The van der Waals surface area contributed by atoms with E-state index in [0.717, 1.165) is 19.3 Å². The maximum atomic E-state index is 11.7. The predicted molar refractivity (Wildman–Crippen MR) is 84.3 cm³/mol. The number of amides is 1. The molecule has 0 heterocycles. The van der Waals surface area contributed by atoms with E-state index in [9.17, 15) is 9.90 Å². The van der Waals surface area contributed by atoms with Crippen molar-refractivity contribution in [2.75, 3.05) is 13.1 Å². The molecule has 1 aliphatic rings. The summed E-state index contributed by atoms with van der Waals surface area (Å²) >= 11 is 0. The molecule has 0 aromatic rings. The van der Waals surface area contributed by atoms with Gasteiger partial charge in [-0.25, -0.2) is 4.79 Å². The molecule has 1 rings (SSSR count).